The van der Waals surface area contributed by atoms with Crippen molar-refractivity contribution >= 4 is 34.6 Å². The minimum absolute atomic E-state index is 0.0578. The van der Waals surface area contributed by atoms with Gasteiger partial charge in [-0.1, -0.05) is 41.4 Å². The van der Waals surface area contributed by atoms with E-state index < -0.39 is 4.92 Å². The fourth-order valence-electron chi connectivity index (χ4n) is 2.87. The third-order valence-corrected chi connectivity index (χ3v) is 5.01. The molecule has 0 saturated carbocycles. The van der Waals surface area contributed by atoms with Crippen LogP contribution in [0.5, 0.6) is 5.75 Å². The second-order valence-corrected chi connectivity index (χ2v) is 7.50. The van der Waals surface area contributed by atoms with Gasteiger partial charge in [0.2, 0.25) is 0 Å². The highest BCUT2D eigenvalue weighted by Crippen LogP contribution is 2.26. The van der Waals surface area contributed by atoms with Crippen LogP contribution in [0.4, 0.5) is 15.8 Å². The molecule has 0 bridgehead atoms. The monoisotopic (exact) mass is 463 g/mol. The zero-order valence-electron chi connectivity index (χ0n) is 16.4. The van der Waals surface area contributed by atoms with Gasteiger partial charge >= 0.3 is 0 Å². The molecule has 0 aliphatic heterocycles. The van der Waals surface area contributed by atoms with Crippen molar-refractivity contribution in [1.82, 2.24) is 5.32 Å². The van der Waals surface area contributed by atoms with Gasteiger partial charge < -0.3 is 15.4 Å². The van der Waals surface area contributed by atoms with Gasteiger partial charge in [-0.3, -0.25) is 10.1 Å². The summed E-state index contributed by atoms with van der Waals surface area (Å²) in [6.45, 7) is 1.74. The SMILES string of the molecule is O=[N+]([O-])c1ccc(NCCNCc2cc(Cl)ccc2OCc2ccccc2F)c(Cl)c1. The topological polar surface area (TPSA) is 76.4 Å². The van der Waals surface area contributed by atoms with Crippen molar-refractivity contribution in [3.8, 4) is 5.75 Å². The molecule has 0 aromatic heterocycles. The summed E-state index contributed by atoms with van der Waals surface area (Å²) in [7, 11) is 0. The molecule has 0 spiro atoms. The quantitative estimate of drug-likeness (QED) is 0.225. The molecular formula is C22H20Cl2FN3O3. The predicted molar refractivity (Wildman–Crippen MR) is 120 cm³/mol. The molecule has 3 rings (SSSR count). The molecule has 162 valence electrons. The minimum atomic E-state index is -0.492. The van der Waals surface area contributed by atoms with Crippen molar-refractivity contribution in [1.29, 1.82) is 0 Å². The molecule has 3 aromatic rings. The zero-order valence-corrected chi connectivity index (χ0v) is 17.9. The number of nitrogens with one attached hydrogen (secondary N) is 2. The summed E-state index contributed by atoms with van der Waals surface area (Å²) in [6.07, 6.45) is 0. The number of hydrogen-bond acceptors (Lipinski definition) is 5. The molecule has 0 aliphatic carbocycles. The van der Waals surface area contributed by atoms with Crippen LogP contribution in [-0.4, -0.2) is 18.0 Å². The van der Waals surface area contributed by atoms with E-state index in [4.69, 9.17) is 27.9 Å². The lowest BCUT2D eigenvalue weighted by molar-refractivity contribution is -0.384. The summed E-state index contributed by atoms with van der Waals surface area (Å²) in [6, 6.07) is 16.0. The van der Waals surface area contributed by atoms with Gasteiger partial charge in [-0.15, -0.1) is 0 Å². The number of nitro benzene ring substituents is 1. The number of rotatable bonds is 10. The number of benzene rings is 3. The predicted octanol–water partition coefficient (Wildman–Crippen LogP) is 5.82. The van der Waals surface area contributed by atoms with E-state index in [-0.39, 0.29) is 23.1 Å². The maximum absolute atomic E-state index is 13.8. The number of nitrogens with zero attached hydrogens (tertiary/aromatic N) is 1. The Morgan fingerprint density at radius 1 is 1.00 bits per heavy atom. The summed E-state index contributed by atoms with van der Waals surface area (Å²) in [5, 5.41) is 18.0. The van der Waals surface area contributed by atoms with E-state index in [0.29, 0.717) is 41.7 Å². The number of non-ortho nitro benzene ring substituents is 1. The van der Waals surface area contributed by atoms with Gasteiger partial charge in [-0.2, -0.15) is 0 Å². The second kappa shape index (κ2) is 10.9. The highest BCUT2D eigenvalue weighted by molar-refractivity contribution is 6.33. The molecule has 0 saturated heterocycles. The summed E-state index contributed by atoms with van der Waals surface area (Å²) in [4.78, 5) is 10.3. The zero-order chi connectivity index (χ0) is 22.2. The standard InChI is InChI=1S/C22H20Cl2FN3O3/c23-17-5-8-22(31-14-15-3-1-2-4-20(15)25)16(11-17)13-26-9-10-27-21-7-6-18(28(29)30)12-19(21)24/h1-8,11-12,26-27H,9-10,13-14H2. The van der Waals surface area contributed by atoms with E-state index in [9.17, 15) is 14.5 Å². The summed E-state index contributed by atoms with van der Waals surface area (Å²) in [5.74, 6) is 0.304. The van der Waals surface area contributed by atoms with Crippen molar-refractivity contribution in [3.63, 3.8) is 0 Å². The molecule has 0 fully saturated rings. The van der Waals surface area contributed by atoms with E-state index >= 15 is 0 Å². The Morgan fingerprint density at radius 2 is 1.81 bits per heavy atom. The third kappa shape index (κ3) is 6.55. The average Bonchev–Trinajstić information content (AvgIpc) is 2.74. The van der Waals surface area contributed by atoms with Gasteiger partial charge in [0.05, 0.1) is 15.6 Å². The van der Waals surface area contributed by atoms with Crippen LogP contribution in [0.1, 0.15) is 11.1 Å². The van der Waals surface area contributed by atoms with Crippen LogP contribution in [0, 0.1) is 15.9 Å². The molecule has 0 heterocycles. The molecule has 2 N–H and O–H groups in total. The van der Waals surface area contributed by atoms with E-state index in [2.05, 4.69) is 10.6 Å². The molecule has 3 aromatic carbocycles. The normalized spacial score (nSPS) is 10.7. The van der Waals surface area contributed by atoms with Gasteiger partial charge in [0.1, 0.15) is 18.2 Å². The highest BCUT2D eigenvalue weighted by Gasteiger charge is 2.10. The summed E-state index contributed by atoms with van der Waals surface area (Å²) in [5.41, 5.74) is 1.88. The molecule has 0 radical (unpaired) electrons. The Labute approximate surface area is 189 Å². The Bertz CT molecular complexity index is 1070. The average molecular weight is 464 g/mol. The first-order chi connectivity index (χ1) is 14.9. The van der Waals surface area contributed by atoms with Gasteiger partial charge in [0.25, 0.3) is 5.69 Å². The van der Waals surface area contributed by atoms with Crippen LogP contribution in [0.25, 0.3) is 0 Å². The van der Waals surface area contributed by atoms with Crippen molar-refractivity contribution in [2.45, 2.75) is 13.2 Å². The molecule has 0 atom stereocenters. The van der Waals surface area contributed by atoms with Gasteiger partial charge in [-0.25, -0.2) is 4.39 Å². The van der Waals surface area contributed by atoms with Crippen LogP contribution in [0.15, 0.2) is 60.7 Å². The molecule has 0 amide bonds. The molecule has 9 heteroatoms. The number of ether oxygens (including phenoxy) is 1. The van der Waals surface area contributed by atoms with Crippen LogP contribution >= 0.6 is 23.2 Å². The van der Waals surface area contributed by atoms with E-state index in [1.807, 2.05) is 0 Å². The van der Waals surface area contributed by atoms with Crippen LogP contribution in [-0.2, 0) is 13.2 Å². The Hall–Kier alpha value is -2.87. The van der Waals surface area contributed by atoms with Gasteiger partial charge in [0, 0.05) is 47.9 Å². The van der Waals surface area contributed by atoms with Crippen molar-refractivity contribution in [2.75, 3.05) is 18.4 Å². The molecule has 6 nitrogen and oxygen atoms in total. The van der Waals surface area contributed by atoms with Crippen LogP contribution in [0.3, 0.4) is 0 Å². The number of halogens is 3. The van der Waals surface area contributed by atoms with E-state index in [1.54, 1.807) is 42.5 Å². The Kier molecular flexibility index (Phi) is 8.06. The summed E-state index contributed by atoms with van der Waals surface area (Å²) >= 11 is 12.2. The first-order valence-electron chi connectivity index (χ1n) is 9.47. The molecule has 0 unspecified atom stereocenters. The number of anilines is 1. The smallest absolute Gasteiger partial charge is 0.271 e. The lowest BCUT2D eigenvalue weighted by Gasteiger charge is -2.14. The number of nitro groups is 1. The lowest BCUT2D eigenvalue weighted by Crippen LogP contribution is -2.22. The third-order valence-electron chi connectivity index (χ3n) is 4.46. The van der Waals surface area contributed by atoms with Gasteiger partial charge in [-0.05, 0) is 30.3 Å². The molecule has 31 heavy (non-hydrogen) atoms. The molecule has 0 aliphatic rings. The van der Waals surface area contributed by atoms with Crippen molar-refractivity contribution < 1.29 is 14.1 Å². The van der Waals surface area contributed by atoms with Gasteiger partial charge in [0.15, 0.2) is 0 Å². The van der Waals surface area contributed by atoms with Crippen LogP contribution in [0.2, 0.25) is 10.0 Å². The fourth-order valence-corrected chi connectivity index (χ4v) is 3.30. The molecular weight excluding hydrogens is 444 g/mol. The first-order valence-corrected chi connectivity index (χ1v) is 10.2. The van der Waals surface area contributed by atoms with E-state index in [1.165, 1.54) is 18.2 Å². The Balaban J connectivity index is 1.51. The largest absolute Gasteiger partial charge is 0.488 e. The lowest BCUT2D eigenvalue weighted by atomic mass is 10.2. The highest BCUT2D eigenvalue weighted by atomic mass is 35.5. The number of hydrogen-bond donors (Lipinski definition) is 2. The minimum Gasteiger partial charge on any atom is -0.488 e. The van der Waals surface area contributed by atoms with Crippen LogP contribution < -0.4 is 15.4 Å². The fraction of sp³-hybridized carbons (Fsp3) is 0.182. The van der Waals surface area contributed by atoms with Crippen molar-refractivity contribution in [3.05, 3.63) is 97.8 Å². The maximum Gasteiger partial charge on any atom is 0.271 e. The second-order valence-electron chi connectivity index (χ2n) is 6.66. The van der Waals surface area contributed by atoms with E-state index in [0.717, 1.165) is 5.56 Å². The summed E-state index contributed by atoms with van der Waals surface area (Å²) < 4.78 is 19.6. The van der Waals surface area contributed by atoms with Crippen molar-refractivity contribution in [2.24, 2.45) is 0 Å². The first kappa shape index (κ1) is 22.8. The maximum atomic E-state index is 13.8. The Morgan fingerprint density at radius 3 is 2.55 bits per heavy atom.